The maximum Gasteiger partial charge on any atom is 0.416 e. The average molecular weight is 341 g/mol. The lowest BCUT2D eigenvalue weighted by Gasteiger charge is -2.18. The minimum atomic E-state index is -4.38. The number of halogens is 3. The molecule has 24 heavy (non-hydrogen) atoms. The number of hydrogen-bond acceptors (Lipinski definition) is 4. The van der Waals surface area contributed by atoms with Crippen molar-refractivity contribution in [2.75, 3.05) is 12.4 Å². The van der Waals surface area contributed by atoms with Gasteiger partial charge in [-0.1, -0.05) is 12.1 Å². The summed E-state index contributed by atoms with van der Waals surface area (Å²) in [6, 6.07) is 3.99. The highest BCUT2D eigenvalue weighted by atomic mass is 19.4. The SMILES string of the molecule is COC(=O)C(Cc1ccc(C(F)(F)F)cc1)Nc1cnn(C)c1C. The van der Waals surface area contributed by atoms with Crippen LogP contribution in [0.1, 0.15) is 16.8 Å². The molecule has 2 aromatic rings. The molecule has 0 radical (unpaired) electrons. The molecule has 0 aliphatic heterocycles. The Labute approximate surface area is 137 Å². The minimum absolute atomic E-state index is 0.194. The monoisotopic (exact) mass is 341 g/mol. The number of nitrogens with zero attached hydrogens (tertiary/aromatic N) is 2. The Hall–Kier alpha value is -2.51. The summed E-state index contributed by atoms with van der Waals surface area (Å²) in [5.74, 6) is -0.502. The van der Waals surface area contributed by atoms with Gasteiger partial charge in [0, 0.05) is 13.5 Å². The second-order valence-electron chi connectivity index (χ2n) is 5.39. The van der Waals surface area contributed by atoms with Crippen LogP contribution < -0.4 is 5.32 Å². The predicted molar refractivity (Wildman–Crippen MR) is 82.5 cm³/mol. The fourth-order valence-electron chi connectivity index (χ4n) is 2.23. The second kappa shape index (κ2) is 6.94. The number of aryl methyl sites for hydroxylation is 1. The Morgan fingerprint density at radius 3 is 2.42 bits per heavy atom. The van der Waals surface area contributed by atoms with E-state index in [2.05, 4.69) is 10.4 Å². The summed E-state index contributed by atoms with van der Waals surface area (Å²) in [5, 5.41) is 7.11. The van der Waals surface area contributed by atoms with Crippen LogP contribution in [-0.2, 0) is 29.2 Å². The zero-order valence-corrected chi connectivity index (χ0v) is 13.5. The van der Waals surface area contributed by atoms with Crippen LogP contribution >= 0.6 is 0 Å². The van der Waals surface area contributed by atoms with Crippen LogP contribution in [0, 0.1) is 6.92 Å². The number of nitrogens with one attached hydrogen (secondary N) is 1. The predicted octanol–water partition coefficient (Wildman–Crippen LogP) is 2.94. The zero-order chi connectivity index (χ0) is 17.9. The highest BCUT2D eigenvalue weighted by Gasteiger charge is 2.30. The van der Waals surface area contributed by atoms with E-state index in [1.807, 2.05) is 6.92 Å². The molecule has 1 aromatic carbocycles. The number of rotatable bonds is 5. The van der Waals surface area contributed by atoms with Gasteiger partial charge in [0.2, 0.25) is 0 Å². The molecule has 0 aliphatic carbocycles. The average Bonchev–Trinajstić information content (AvgIpc) is 2.85. The fourth-order valence-corrected chi connectivity index (χ4v) is 2.23. The van der Waals surface area contributed by atoms with Crippen molar-refractivity contribution in [1.82, 2.24) is 9.78 Å². The summed E-state index contributed by atoms with van der Waals surface area (Å²) in [6.07, 6.45) is -2.61. The van der Waals surface area contributed by atoms with E-state index in [0.29, 0.717) is 11.3 Å². The third-order valence-electron chi connectivity index (χ3n) is 3.77. The number of alkyl halides is 3. The van der Waals surface area contributed by atoms with Gasteiger partial charge in [-0.2, -0.15) is 18.3 Å². The lowest BCUT2D eigenvalue weighted by Crippen LogP contribution is -2.33. The number of benzene rings is 1. The molecule has 0 aliphatic rings. The van der Waals surface area contributed by atoms with Gasteiger partial charge >= 0.3 is 12.1 Å². The fraction of sp³-hybridized carbons (Fsp3) is 0.375. The van der Waals surface area contributed by atoms with Crippen molar-refractivity contribution in [3.05, 3.63) is 47.3 Å². The van der Waals surface area contributed by atoms with Crippen molar-refractivity contribution >= 4 is 11.7 Å². The number of carbonyl (C=O) groups excluding carboxylic acids is 1. The lowest BCUT2D eigenvalue weighted by atomic mass is 10.0. The molecule has 1 N–H and O–H groups in total. The quantitative estimate of drug-likeness (QED) is 0.850. The molecule has 0 bridgehead atoms. The van der Waals surface area contributed by atoms with E-state index >= 15 is 0 Å². The number of hydrogen-bond donors (Lipinski definition) is 1. The van der Waals surface area contributed by atoms with E-state index in [9.17, 15) is 18.0 Å². The van der Waals surface area contributed by atoms with Gasteiger partial charge in [0.05, 0.1) is 30.3 Å². The molecule has 0 saturated heterocycles. The van der Waals surface area contributed by atoms with Gasteiger partial charge in [0.15, 0.2) is 0 Å². The van der Waals surface area contributed by atoms with Gasteiger partial charge in [-0.25, -0.2) is 4.79 Å². The standard InChI is InChI=1S/C16H18F3N3O2/c1-10-14(9-20-22(10)2)21-13(15(23)24-3)8-11-4-6-12(7-5-11)16(17,18)19/h4-7,9,13,21H,8H2,1-3H3. The van der Waals surface area contributed by atoms with Gasteiger partial charge in [-0.3, -0.25) is 4.68 Å². The van der Waals surface area contributed by atoms with Crippen LogP contribution in [0.15, 0.2) is 30.5 Å². The number of carbonyl (C=O) groups is 1. The van der Waals surface area contributed by atoms with Crippen molar-refractivity contribution < 1.29 is 22.7 Å². The summed E-state index contributed by atoms with van der Waals surface area (Å²) < 4.78 is 44.2. The maximum atomic E-state index is 12.6. The molecule has 1 unspecified atom stereocenters. The third kappa shape index (κ3) is 4.06. The maximum absolute atomic E-state index is 12.6. The van der Waals surface area contributed by atoms with Crippen molar-refractivity contribution in [3.8, 4) is 0 Å². The molecule has 5 nitrogen and oxygen atoms in total. The molecule has 0 saturated carbocycles. The highest BCUT2D eigenvalue weighted by molar-refractivity contribution is 5.79. The summed E-state index contributed by atoms with van der Waals surface area (Å²) in [7, 11) is 3.03. The van der Waals surface area contributed by atoms with Crippen LogP contribution in [-0.4, -0.2) is 28.9 Å². The Bertz CT molecular complexity index is 708. The number of esters is 1. The summed E-state index contributed by atoms with van der Waals surface area (Å²) in [4.78, 5) is 12.0. The van der Waals surface area contributed by atoms with Crippen LogP contribution in [0.5, 0.6) is 0 Å². The minimum Gasteiger partial charge on any atom is -0.467 e. The first-order valence-electron chi connectivity index (χ1n) is 7.21. The third-order valence-corrected chi connectivity index (χ3v) is 3.77. The van der Waals surface area contributed by atoms with Gasteiger partial charge < -0.3 is 10.1 Å². The molecule has 0 amide bonds. The topological polar surface area (TPSA) is 56.1 Å². The van der Waals surface area contributed by atoms with Gasteiger partial charge in [-0.15, -0.1) is 0 Å². The smallest absolute Gasteiger partial charge is 0.416 e. The Morgan fingerprint density at radius 2 is 1.96 bits per heavy atom. The first-order chi connectivity index (χ1) is 11.2. The van der Waals surface area contributed by atoms with Crippen LogP contribution in [0.2, 0.25) is 0 Å². The van der Waals surface area contributed by atoms with E-state index in [4.69, 9.17) is 4.74 Å². The number of aromatic nitrogens is 2. The van der Waals surface area contributed by atoms with Crippen molar-refractivity contribution in [3.63, 3.8) is 0 Å². The number of methoxy groups -OCH3 is 1. The van der Waals surface area contributed by atoms with Gasteiger partial charge in [-0.05, 0) is 24.6 Å². The Kier molecular flexibility index (Phi) is 5.16. The highest BCUT2D eigenvalue weighted by Crippen LogP contribution is 2.29. The lowest BCUT2D eigenvalue weighted by molar-refractivity contribution is -0.141. The summed E-state index contributed by atoms with van der Waals surface area (Å²) >= 11 is 0. The second-order valence-corrected chi connectivity index (χ2v) is 5.39. The summed E-state index contributed by atoms with van der Waals surface area (Å²) in [6.45, 7) is 1.84. The molecule has 2 rings (SSSR count). The first kappa shape index (κ1) is 17.8. The van der Waals surface area contributed by atoms with E-state index < -0.39 is 23.8 Å². The van der Waals surface area contributed by atoms with Crippen LogP contribution in [0.4, 0.5) is 18.9 Å². The first-order valence-corrected chi connectivity index (χ1v) is 7.21. The van der Waals surface area contributed by atoms with E-state index in [1.165, 1.54) is 19.2 Å². The molecule has 0 spiro atoms. The van der Waals surface area contributed by atoms with Crippen LogP contribution in [0.3, 0.4) is 0 Å². The summed E-state index contributed by atoms with van der Waals surface area (Å²) in [5.41, 5.74) is 1.36. The van der Waals surface area contributed by atoms with Crippen molar-refractivity contribution in [2.24, 2.45) is 7.05 Å². The molecule has 8 heteroatoms. The normalized spacial score (nSPS) is 12.8. The van der Waals surface area contributed by atoms with Gasteiger partial charge in [0.1, 0.15) is 6.04 Å². The molecule has 1 heterocycles. The van der Waals surface area contributed by atoms with E-state index in [0.717, 1.165) is 17.8 Å². The van der Waals surface area contributed by atoms with Gasteiger partial charge in [0.25, 0.3) is 0 Å². The number of anilines is 1. The molecule has 1 atom stereocenters. The molecule has 1 aromatic heterocycles. The Morgan fingerprint density at radius 1 is 1.33 bits per heavy atom. The molecular formula is C16H18F3N3O2. The molecular weight excluding hydrogens is 323 g/mol. The van der Waals surface area contributed by atoms with Crippen LogP contribution in [0.25, 0.3) is 0 Å². The largest absolute Gasteiger partial charge is 0.467 e. The van der Waals surface area contributed by atoms with Crippen molar-refractivity contribution in [1.29, 1.82) is 0 Å². The van der Waals surface area contributed by atoms with E-state index in [1.54, 1.807) is 17.9 Å². The molecule has 130 valence electrons. The molecule has 0 fully saturated rings. The Balaban J connectivity index is 2.17. The van der Waals surface area contributed by atoms with Crippen molar-refractivity contribution in [2.45, 2.75) is 25.6 Å². The van der Waals surface area contributed by atoms with E-state index in [-0.39, 0.29) is 6.42 Å². The zero-order valence-electron chi connectivity index (χ0n) is 13.5. The number of ether oxygens (including phenoxy) is 1.